The molecule has 0 spiro atoms. The highest BCUT2D eigenvalue weighted by Gasteiger charge is 2.10. The maximum atomic E-state index is 8.52. The number of halogens is 1. The highest BCUT2D eigenvalue weighted by atomic mass is 35.5. The highest BCUT2D eigenvalue weighted by molar-refractivity contribution is 5.85. The number of nitrogens with one attached hydrogen (secondary N) is 1. The van der Waals surface area contributed by atoms with Crippen LogP contribution in [0.4, 0.5) is 0 Å². The van der Waals surface area contributed by atoms with Gasteiger partial charge in [0.15, 0.2) is 0 Å². The molecule has 62 valence electrons. The summed E-state index contributed by atoms with van der Waals surface area (Å²) < 4.78 is 5.16. The third kappa shape index (κ3) is 3.37. The standard InChI is InChI=1S/C6H13NO2.ClH/c8-3-1-6-5-9-4-2-7-6;/h6-8H,1-5H2;1H/t6-;/m0./s1. The van der Waals surface area contributed by atoms with Gasteiger partial charge in [-0.2, -0.15) is 0 Å². The lowest BCUT2D eigenvalue weighted by atomic mass is 10.2. The van der Waals surface area contributed by atoms with Crippen LogP contribution in [-0.2, 0) is 4.74 Å². The zero-order chi connectivity index (χ0) is 6.53. The van der Waals surface area contributed by atoms with E-state index in [1.807, 2.05) is 0 Å². The van der Waals surface area contributed by atoms with Gasteiger partial charge in [-0.25, -0.2) is 0 Å². The van der Waals surface area contributed by atoms with Gasteiger partial charge in [-0.15, -0.1) is 12.4 Å². The average Bonchev–Trinajstić information content (AvgIpc) is 1.91. The molecule has 1 rings (SSSR count). The lowest BCUT2D eigenvalue weighted by molar-refractivity contribution is 0.0677. The number of aliphatic hydroxyl groups is 1. The van der Waals surface area contributed by atoms with Crippen molar-refractivity contribution < 1.29 is 9.84 Å². The molecule has 0 amide bonds. The van der Waals surface area contributed by atoms with Crippen LogP contribution in [0.3, 0.4) is 0 Å². The Labute approximate surface area is 67.2 Å². The second-order valence-corrected chi connectivity index (χ2v) is 2.24. The van der Waals surface area contributed by atoms with E-state index in [0.717, 1.165) is 26.2 Å². The minimum atomic E-state index is 0. The van der Waals surface area contributed by atoms with Gasteiger partial charge in [0.1, 0.15) is 0 Å². The van der Waals surface area contributed by atoms with E-state index in [2.05, 4.69) is 5.32 Å². The van der Waals surface area contributed by atoms with E-state index >= 15 is 0 Å². The summed E-state index contributed by atoms with van der Waals surface area (Å²) in [6, 6.07) is 0.378. The first-order valence-corrected chi connectivity index (χ1v) is 3.35. The van der Waals surface area contributed by atoms with Gasteiger partial charge < -0.3 is 15.2 Å². The molecule has 1 fully saturated rings. The van der Waals surface area contributed by atoms with E-state index in [1.165, 1.54) is 0 Å². The number of ether oxygens (including phenoxy) is 1. The van der Waals surface area contributed by atoms with Gasteiger partial charge in [-0.1, -0.05) is 0 Å². The molecule has 3 nitrogen and oxygen atoms in total. The molecule has 1 aliphatic heterocycles. The third-order valence-corrected chi connectivity index (χ3v) is 1.48. The summed E-state index contributed by atoms with van der Waals surface area (Å²) in [7, 11) is 0. The normalized spacial score (nSPS) is 25.5. The van der Waals surface area contributed by atoms with Crippen molar-refractivity contribution in [2.45, 2.75) is 12.5 Å². The number of morpholine rings is 1. The van der Waals surface area contributed by atoms with Gasteiger partial charge in [0.05, 0.1) is 13.2 Å². The van der Waals surface area contributed by atoms with Gasteiger partial charge >= 0.3 is 0 Å². The van der Waals surface area contributed by atoms with Crippen LogP contribution >= 0.6 is 12.4 Å². The van der Waals surface area contributed by atoms with E-state index in [1.54, 1.807) is 0 Å². The molecule has 4 heteroatoms. The smallest absolute Gasteiger partial charge is 0.0621 e. The predicted octanol–water partition coefficient (Wildman–Crippen LogP) is -0.221. The molecular weight excluding hydrogens is 154 g/mol. The Bertz CT molecular complexity index is 73.4. The van der Waals surface area contributed by atoms with Gasteiger partial charge in [0.2, 0.25) is 0 Å². The average molecular weight is 168 g/mol. The minimum absolute atomic E-state index is 0. The lowest BCUT2D eigenvalue weighted by Crippen LogP contribution is -2.41. The summed E-state index contributed by atoms with van der Waals surface area (Å²) in [5, 5.41) is 11.8. The van der Waals surface area contributed by atoms with E-state index in [4.69, 9.17) is 9.84 Å². The van der Waals surface area contributed by atoms with Gasteiger partial charge in [0.25, 0.3) is 0 Å². The zero-order valence-corrected chi connectivity index (χ0v) is 6.69. The summed E-state index contributed by atoms with van der Waals surface area (Å²) in [4.78, 5) is 0. The van der Waals surface area contributed by atoms with Crippen LogP contribution in [0.5, 0.6) is 0 Å². The van der Waals surface area contributed by atoms with E-state index < -0.39 is 0 Å². The van der Waals surface area contributed by atoms with Crippen LogP contribution in [0.2, 0.25) is 0 Å². The highest BCUT2D eigenvalue weighted by Crippen LogP contribution is 1.95. The Hall–Kier alpha value is 0.170. The van der Waals surface area contributed by atoms with Crippen LogP contribution in [0.1, 0.15) is 6.42 Å². The molecule has 2 N–H and O–H groups in total. The Morgan fingerprint density at radius 2 is 2.40 bits per heavy atom. The monoisotopic (exact) mass is 167 g/mol. The van der Waals surface area contributed by atoms with Crippen LogP contribution in [0.15, 0.2) is 0 Å². The van der Waals surface area contributed by atoms with Gasteiger partial charge in [-0.05, 0) is 6.42 Å². The van der Waals surface area contributed by atoms with Crippen molar-refractivity contribution in [3.63, 3.8) is 0 Å². The minimum Gasteiger partial charge on any atom is -0.396 e. The quantitative estimate of drug-likeness (QED) is 0.598. The first-order valence-electron chi connectivity index (χ1n) is 3.35. The molecule has 0 unspecified atom stereocenters. The second kappa shape index (κ2) is 5.92. The molecule has 1 aliphatic rings. The fraction of sp³-hybridized carbons (Fsp3) is 1.00. The molecule has 0 bridgehead atoms. The fourth-order valence-corrected chi connectivity index (χ4v) is 0.961. The Morgan fingerprint density at radius 3 is 2.90 bits per heavy atom. The molecule has 10 heavy (non-hydrogen) atoms. The summed E-state index contributed by atoms with van der Waals surface area (Å²) in [6.45, 7) is 2.73. The predicted molar refractivity (Wildman–Crippen MR) is 41.6 cm³/mol. The van der Waals surface area contributed by atoms with Crippen LogP contribution in [-0.4, -0.2) is 37.5 Å². The molecule has 1 heterocycles. The third-order valence-electron chi connectivity index (χ3n) is 1.48. The molecule has 0 aliphatic carbocycles. The fourth-order valence-electron chi connectivity index (χ4n) is 0.961. The molecule has 1 saturated heterocycles. The number of hydrogen-bond donors (Lipinski definition) is 2. The molecule has 0 aromatic carbocycles. The summed E-state index contributed by atoms with van der Waals surface area (Å²) in [5.41, 5.74) is 0. The van der Waals surface area contributed by atoms with Crippen molar-refractivity contribution in [2.24, 2.45) is 0 Å². The Morgan fingerprint density at radius 1 is 1.60 bits per heavy atom. The molecule has 0 aromatic rings. The van der Waals surface area contributed by atoms with Crippen LogP contribution < -0.4 is 5.32 Å². The molecule has 1 atom stereocenters. The van der Waals surface area contributed by atoms with Crippen molar-refractivity contribution in [1.29, 1.82) is 0 Å². The first kappa shape index (κ1) is 10.2. The van der Waals surface area contributed by atoms with Crippen molar-refractivity contribution in [3.05, 3.63) is 0 Å². The SMILES string of the molecule is Cl.OCC[C@H]1COCCN1. The number of rotatable bonds is 2. The van der Waals surface area contributed by atoms with Crippen LogP contribution in [0, 0.1) is 0 Å². The second-order valence-electron chi connectivity index (χ2n) is 2.24. The maximum Gasteiger partial charge on any atom is 0.0621 e. The van der Waals surface area contributed by atoms with Crippen molar-refractivity contribution in [3.8, 4) is 0 Å². The summed E-state index contributed by atoms with van der Waals surface area (Å²) in [6.07, 6.45) is 0.806. The van der Waals surface area contributed by atoms with Crippen molar-refractivity contribution in [2.75, 3.05) is 26.4 Å². The summed E-state index contributed by atoms with van der Waals surface area (Å²) >= 11 is 0. The van der Waals surface area contributed by atoms with E-state index in [9.17, 15) is 0 Å². The number of aliphatic hydroxyl groups excluding tert-OH is 1. The van der Waals surface area contributed by atoms with E-state index in [0.29, 0.717) is 6.04 Å². The van der Waals surface area contributed by atoms with Gasteiger partial charge in [0, 0.05) is 19.2 Å². The largest absolute Gasteiger partial charge is 0.396 e. The first-order chi connectivity index (χ1) is 4.43. The molecule has 0 radical (unpaired) electrons. The topological polar surface area (TPSA) is 41.5 Å². The lowest BCUT2D eigenvalue weighted by Gasteiger charge is -2.22. The molecule has 0 saturated carbocycles. The Balaban J connectivity index is 0.000000810. The Kier molecular flexibility index (Phi) is 6.02. The summed E-state index contributed by atoms with van der Waals surface area (Å²) in [5.74, 6) is 0. The van der Waals surface area contributed by atoms with Crippen molar-refractivity contribution in [1.82, 2.24) is 5.32 Å². The zero-order valence-electron chi connectivity index (χ0n) is 5.88. The van der Waals surface area contributed by atoms with Crippen molar-refractivity contribution >= 4 is 12.4 Å². The van der Waals surface area contributed by atoms with Gasteiger partial charge in [-0.3, -0.25) is 0 Å². The molecule has 0 aromatic heterocycles. The number of hydrogen-bond acceptors (Lipinski definition) is 3. The van der Waals surface area contributed by atoms with Crippen LogP contribution in [0.25, 0.3) is 0 Å². The molecular formula is C6H14ClNO2. The van der Waals surface area contributed by atoms with E-state index in [-0.39, 0.29) is 19.0 Å². The maximum absolute atomic E-state index is 8.52.